The van der Waals surface area contributed by atoms with Gasteiger partial charge in [-0.3, -0.25) is 4.79 Å². The fraction of sp³-hybridized carbons (Fsp3) is 0.250. The summed E-state index contributed by atoms with van der Waals surface area (Å²) in [6.45, 7) is 1.70. The maximum absolute atomic E-state index is 12.1. The standard InChI is InChI=1S/C20H22N2O3/c1-22(2)13-17-6-4-3-5-16(17)12-21-20(23)10-8-15-7-9-18-19(11-15)25-14-24-18/h3-11H,12-14H2,1-2H3,(H,21,23)/p+1/b10-8+. The molecule has 0 fully saturated rings. The van der Waals surface area contributed by atoms with E-state index in [0.29, 0.717) is 12.3 Å². The number of carbonyl (C=O) groups is 1. The highest BCUT2D eigenvalue weighted by Gasteiger charge is 2.12. The average Bonchev–Trinajstić information content (AvgIpc) is 3.06. The fourth-order valence-electron chi connectivity index (χ4n) is 2.71. The van der Waals surface area contributed by atoms with Crippen LogP contribution < -0.4 is 19.7 Å². The number of hydrogen-bond donors (Lipinski definition) is 2. The molecular formula is C20H23N2O3+. The fourth-order valence-corrected chi connectivity index (χ4v) is 2.71. The Hall–Kier alpha value is -2.79. The molecule has 2 aromatic rings. The Bertz CT molecular complexity index is 784. The summed E-state index contributed by atoms with van der Waals surface area (Å²) in [5, 5.41) is 2.94. The first-order valence-corrected chi connectivity index (χ1v) is 8.33. The van der Waals surface area contributed by atoms with E-state index < -0.39 is 0 Å². The van der Waals surface area contributed by atoms with Crippen molar-refractivity contribution in [3.63, 3.8) is 0 Å². The smallest absolute Gasteiger partial charge is 0.244 e. The van der Waals surface area contributed by atoms with Crippen molar-refractivity contribution in [1.29, 1.82) is 0 Å². The molecule has 25 heavy (non-hydrogen) atoms. The minimum atomic E-state index is -0.121. The largest absolute Gasteiger partial charge is 0.454 e. The van der Waals surface area contributed by atoms with Crippen molar-refractivity contribution >= 4 is 12.0 Å². The van der Waals surface area contributed by atoms with Crippen LogP contribution >= 0.6 is 0 Å². The predicted molar refractivity (Wildman–Crippen MR) is 96.4 cm³/mol. The molecule has 1 heterocycles. The van der Waals surface area contributed by atoms with Gasteiger partial charge in [0, 0.05) is 18.2 Å². The van der Waals surface area contributed by atoms with E-state index in [1.807, 2.05) is 30.3 Å². The van der Waals surface area contributed by atoms with Crippen molar-refractivity contribution in [3.05, 3.63) is 65.2 Å². The molecule has 1 amide bonds. The van der Waals surface area contributed by atoms with E-state index in [1.54, 1.807) is 6.08 Å². The molecule has 0 aliphatic carbocycles. The summed E-state index contributed by atoms with van der Waals surface area (Å²) in [5.74, 6) is 1.33. The first-order chi connectivity index (χ1) is 12.1. The van der Waals surface area contributed by atoms with Crippen molar-refractivity contribution in [2.24, 2.45) is 0 Å². The van der Waals surface area contributed by atoms with E-state index in [9.17, 15) is 4.79 Å². The number of benzene rings is 2. The van der Waals surface area contributed by atoms with Crippen LogP contribution in [0.15, 0.2) is 48.5 Å². The van der Waals surface area contributed by atoms with E-state index in [2.05, 4.69) is 31.5 Å². The van der Waals surface area contributed by atoms with E-state index in [0.717, 1.165) is 23.4 Å². The Morgan fingerprint density at radius 3 is 2.68 bits per heavy atom. The molecule has 0 spiro atoms. The number of fused-ring (bicyclic) bond motifs is 1. The summed E-state index contributed by atoms with van der Waals surface area (Å²) >= 11 is 0. The van der Waals surface area contributed by atoms with Crippen LogP contribution in [0.1, 0.15) is 16.7 Å². The summed E-state index contributed by atoms with van der Waals surface area (Å²) in [7, 11) is 4.23. The van der Waals surface area contributed by atoms with Crippen LogP contribution in [-0.4, -0.2) is 26.8 Å². The predicted octanol–water partition coefficient (Wildman–Crippen LogP) is 1.39. The van der Waals surface area contributed by atoms with Gasteiger partial charge in [-0.15, -0.1) is 0 Å². The highest BCUT2D eigenvalue weighted by Crippen LogP contribution is 2.32. The first-order valence-electron chi connectivity index (χ1n) is 8.33. The lowest BCUT2D eigenvalue weighted by Gasteiger charge is -2.12. The number of quaternary nitrogens is 1. The van der Waals surface area contributed by atoms with Gasteiger partial charge in [0.05, 0.1) is 14.1 Å². The van der Waals surface area contributed by atoms with Crippen molar-refractivity contribution in [2.75, 3.05) is 20.9 Å². The number of ether oxygens (including phenoxy) is 2. The maximum atomic E-state index is 12.1. The Kier molecular flexibility index (Phi) is 5.36. The van der Waals surface area contributed by atoms with Gasteiger partial charge in [0.2, 0.25) is 12.7 Å². The SMILES string of the molecule is C[NH+](C)Cc1ccccc1CNC(=O)/C=C/c1ccc2c(c1)OCO2. The van der Waals surface area contributed by atoms with Gasteiger partial charge < -0.3 is 19.7 Å². The topological polar surface area (TPSA) is 52.0 Å². The molecule has 5 nitrogen and oxygen atoms in total. The van der Waals surface area contributed by atoms with Gasteiger partial charge in [0.15, 0.2) is 11.5 Å². The molecule has 0 unspecified atom stereocenters. The number of hydrogen-bond acceptors (Lipinski definition) is 3. The molecule has 130 valence electrons. The van der Waals surface area contributed by atoms with E-state index in [4.69, 9.17) is 9.47 Å². The summed E-state index contributed by atoms with van der Waals surface area (Å²) < 4.78 is 10.6. The molecule has 0 aromatic heterocycles. The quantitative estimate of drug-likeness (QED) is 0.782. The Morgan fingerprint density at radius 1 is 1.12 bits per heavy atom. The molecule has 0 bridgehead atoms. The van der Waals surface area contributed by atoms with E-state index in [1.165, 1.54) is 16.5 Å². The van der Waals surface area contributed by atoms with Crippen LogP contribution in [0.4, 0.5) is 0 Å². The third-order valence-corrected chi connectivity index (χ3v) is 3.94. The lowest BCUT2D eigenvalue weighted by Crippen LogP contribution is -3.04. The van der Waals surface area contributed by atoms with Gasteiger partial charge in [0.1, 0.15) is 6.54 Å². The zero-order chi connectivity index (χ0) is 17.6. The van der Waals surface area contributed by atoms with Gasteiger partial charge in [-0.05, 0) is 29.3 Å². The van der Waals surface area contributed by atoms with Crippen molar-refractivity contribution in [1.82, 2.24) is 5.32 Å². The van der Waals surface area contributed by atoms with Gasteiger partial charge in [-0.1, -0.05) is 30.3 Å². The Labute approximate surface area is 147 Å². The summed E-state index contributed by atoms with van der Waals surface area (Å²) in [5.41, 5.74) is 3.30. The molecule has 2 N–H and O–H groups in total. The molecule has 1 aliphatic rings. The molecule has 2 aromatic carbocycles. The maximum Gasteiger partial charge on any atom is 0.244 e. The zero-order valence-electron chi connectivity index (χ0n) is 14.5. The van der Waals surface area contributed by atoms with Gasteiger partial charge in [-0.25, -0.2) is 0 Å². The molecule has 3 rings (SSSR count). The highest BCUT2D eigenvalue weighted by atomic mass is 16.7. The molecule has 0 atom stereocenters. The minimum Gasteiger partial charge on any atom is -0.454 e. The lowest BCUT2D eigenvalue weighted by molar-refractivity contribution is -0.872. The van der Waals surface area contributed by atoms with Crippen LogP contribution in [0.5, 0.6) is 11.5 Å². The second-order valence-electron chi connectivity index (χ2n) is 6.32. The van der Waals surface area contributed by atoms with Crippen molar-refractivity contribution in [2.45, 2.75) is 13.1 Å². The number of carbonyl (C=O) groups excluding carboxylic acids is 1. The number of amides is 1. The molecule has 0 saturated heterocycles. The third-order valence-electron chi connectivity index (χ3n) is 3.94. The van der Waals surface area contributed by atoms with Crippen molar-refractivity contribution < 1.29 is 19.2 Å². The molecule has 5 heteroatoms. The Balaban J connectivity index is 1.58. The second-order valence-corrected chi connectivity index (χ2v) is 6.32. The molecule has 0 radical (unpaired) electrons. The van der Waals surface area contributed by atoms with Crippen LogP contribution in [0.3, 0.4) is 0 Å². The second kappa shape index (κ2) is 7.85. The summed E-state index contributed by atoms with van der Waals surface area (Å²) in [6, 6.07) is 13.8. The lowest BCUT2D eigenvalue weighted by atomic mass is 10.1. The summed E-state index contributed by atoms with van der Waals surface area (Å²) in [4.78, 5) is 13.4. The van der Waals surface area contributed by atoms with Gasteiger partial charge in [0.25, 0.3) is 0 Å². The van der Waals surface area contributed by atoms with Crippen molar-refractivity contribution in [3.8, 4) is 11.5 Å². The number of rotatable bonds is 6. The average molecular weight is 339 g/mol. The monoisotopic (exact) mass is 339 g/mol. The van der Waals surface area contributed by atoms with E-state index >= 15 is 0 Å². The van der Waals surface area contributed by atoms with Crippen LogP contribution in [0, 0.1) is 0 Å². The minimum absolute atomic E-state index is 0.121. The van der Waals surface area contributed by atoms with Crippen LogP contribution in [0.25, 0.3) is 6.08 Å². The highest BCUT2D eigenvalue weighted by molar-refractivity contribution is 5.91. The molecule has 1 aliphatic heterocycles. The van der Waals surface area contributed by atoms with Crippen LogP contribution in [-0.2, 0) is 17.9 Å². The Morgan fingerprint density at radius 2 is 1.88 bits per heavy atom. The molecular weight excluding hydrogens is 316 g/mol. The van der Waals surface area contributed by atoms with Gasteiger partial charge >= 0.3 is 0 Å². The first kappa shape index (κ1) is 17.0. The van der Waals surface area contributed by atoms with Crippen LogP contribution in [0.2, 0.25) is 0 Å². The number of nitrogens with one attached hydrogen (secondary N) is 2. The van der Waals surface area contributed by atoms with E-state index in [-0.39, 0.29) is 12.7 Å². The summed E-state index contributed by atoms with van der Waals surface area (Å²) in [6.07, 6.45) is 3.31. The zero-order valence-corrected chi connectivity index (χ0v) is 14.5. The van der Waals surface area contributed by atoms with Gasteiger partial charge in [-0.2, -0.15) is 0 Å². The normalized spacial score (nSPS) is 12.8. The third kappa shape index (κ3) is 4.61. The molecule has 0 saturated carbocycles.